The van der Waals surface area contributed by atoms with Crippen molar-refractivity contribution >= 4 is 51.8 Å². The summed E-state index contributed by atoms with van der Waals surface area (Å²) in [4.78, 5) is 5.30. The van der Waals surface area contributed by atoms with Gasteiger partial charge < -0.3 is 0 Å². The smallest absolute Gasteiger partial charge is 0.0620 e. The number of hydrogen-bond donors (Lipinski definition) is 0. The molecule has 0 fully saturated rings. The summed E-state index contributed by atoms with van der Waals surface area (Å²) in [5.74, 6) is 0. The van der Waals surface area contributed by atoms with E-state index in [4.69, 9.17) is 4.99 Å². The number of aliphatic imine (C=N–C) groups is 1. The lowest BCUT2D eigenvalue weighted by Gasteiger charge is -2.29. The Morgan fingerprint density at radius 1 is 0.318 bits per heavy atom. The van der Waals surface area contributed by atoms with Crippen LogP contribution >= 0.6 is 14.5 Å². The summed E-state index contributed by atoms with van der Waals surface area (Å²) >= 11 is 0. The third-order valence-corrected chi connectivity index (χ3v) is 16.7. The fraction of sp³-hybridized carbons (Fsp3) is 0. The molecule has 6 aromatic carbocycles. The first-order chi connectivity index (χ1) is 21.8. The number of hydrogen-bond acceptors (Lipinski definition) is 1. The van der Waals surface area contributed by atoms with Crippen molar-refractivity contribution in [3.05, 3.63) is 206 Å². The van der Waals surface area contributed by atoms with Crippen molar-refractivity contribution in [2.24, 2.45) is 0 Å². The average Bonchev–Trinajstić information content (AvgIpc) is 3.12. The quantitative estimate of drug-likeness (QED) is 0.165. The lowest BCUT2D eigenvalue weighted by Crippen LogP contribution is -2.38. The number of allylic oxidation sites excluding steroid dienone is 3. The largest absolute Gasteiger partial charge is 0.401 e. The molecule has 0 N–H and O–H groups in total. The van der Waals surface area contributed by atoms with Gasteiger partial charge in [-0.2, -0.15) is 0 Å². The Balaban J connectivity index is 1.58. The van der Waals surface area contributed by atoms with Gasteiger partial charge in [0.05, 0.1) is 12.2 Å². The second kappa shape index (κ2) is 12.5. The number of benzene rings is 6. The Morgan fingerprint density at radius 3 is 0.886 bits per heavy atom. The maximum atomic E-state index is 5.30. The van der Waals surface area contributed by atoms with E-state index >= 15 is 0 Å². The van der Waals surface area contributed by atoms with E-state index in [2.05, 4.69) is 200 Å². The third kappa shape index (κ3) is 4.80. The van der Waals surface area contributed by atoms with Gasteiger partial charge in [0.15, 0.2) is 0 Å². The molecular formula is C41H33NP2+3. The average molecular weight is 602 g/mol. The van der Waals surface area contributed by atoms with Crippen molar-refractivity contribution in [3.63, 3.8) is 0 Å². The van der Waals surface area contributed by atoms with E-state index in [1.54, 1.807) is 0 Å². The van der Waals surface area contributed by atoms with Crippen LogP contribution in [0.5, 0.6) is 0 Å². The van der Waals surface area contributed by atoms with Crippen molar-refractivity contribution in [2.75, 3.05) is 0 Å². The normalized spacial score (nSPS) is 13.2. The highest BCUT2D eigenvalue weighted by molar-refractivity contribution is 8.09. The van der Waals surface area contributed by atoms with E-state index in [9.17, 15) is 0 Å². The molecule has 1 heterocycles. The van der Waals surface area contributed by atoms with Crippen LogP contribution in [0.4, 0.5) is 0 Å². The van der Waals surface area contributed by atoms with Crippen LogP contribution < -0.4 is 36.8 Å². The lowest BCUT2D eigenvalue weighted by atomic mass is 10.3. The molecule has 3 heteroatoms. The van der Waals surface area contributed by atoms with Gasteiger partial charge in [-0.15, -0.1) is 0 Å². The van der Waals surface area contributed by atoms with Crippen LogP contribution in [0, 0.1) is 0 Å². The summed E-state index contributed by atoms with van der Waals surface area (Å²) in [6.45, 7) is 0. The van der Waals surface area contributed by atoms with E-state index in [0.717, 1.165) is 5.45 Å². The second-order valence-corrected chi connectivity index (χ2v) is 17.5. The Kier molecular flexibility index (Phi) is 8.00. The topological polar surface area (TPSA) is 14.1 Å². The first-order valence-electron chi connectivity index (χ1n) is 14.9. The van der Waals surface area contributed by atoms with Gasteiger partial charge in [0.2, 0.25) is 7.26 Å². The minimum Gasteiger partial charge on any atom is -0.0620 e. The third-order valence-electron chi connectivity index (χ3n) is 8.32. The zero-order valence-electron chi connectivity index (χ0n) is 24.4. The Bertz CT molecular complexity index is 1600. The van der Waals surface area contributed by atoms with E-state index in [-0.39, 0.29) is 0 Å². The van der Waals surface area contributed by atoms with Crippen LogP contribution in [0.3, 0.4) is 0 Å². The van der Waals surface area contributed by atoms with Crippen LogP contribution in [-0.4, -0.2) is 5.45 Å². The monoisotopic (exact) mass is 601 g/mol. The predicted molar refractivity (Wildman–Crippen MR) is 195 cm³/mol. The van der Waals surface area contributed by atoms with Crippen molar-refractivity contribution in [1.29, 1.82) is 0 Å². The van der Waals surface area contributed by atoms with E-state index in [1.807, 2.05) is 0 Å². The fourth-order valence-corrected chi connectivity index (χ4v) is 14.9. The molecule has 0 unspecified atom stereocenters. The Hall–Kier alpha value is -4.67. The van der Waals surface area contributed by atoms with Gasteiger partial charge in [-0.1, -0.05) is 109 Å². The van der Waals surface area contributed by atoms with Crippen LogP contribution in [-0.2, 0) is 0 Å². The predicted octanol–water partition coefficient (Wildman–Crippen LogP) is 7.12. The summed E-state index contributed by atoms with van der Waals surface area (Å²) in [5, 5.41) is 9.19. The van der Waals surface area contributed by atoms with E-state index in [1.165, 1.54) is 37.1 Å². The molecule has 0 saturated heterocycles. The molecule has 44 heavy (non-hydrogen) atoms. The fourth-order valence-electron chi connectivity index (χ4n) is 6.45. The minimum absolute atomic E-state index is 1.12. The van der Waals surface area contributed by atoms with Crippen molar-refractivity contribution in [2.45, 2.75) is 0 Å². The molecule has 0 spiro atoms. The maximum absolute atomic E-state index is 5.30. The molecule has 0 aromatic heterocycles. The molecule has 6 aromatic rings. The molecule has 1 aliphatic heterocycles. The zero-order valence-corrected chi connectivity index (χ0v) is 26.2. The molecular weight excluding hydrogens is 568 g/mol. The van der Waals surface area contributed by atoms with Gasteiger partial charge in [0, 0.05) is 0 Å². The standard InChI is InChI=1S/C41H33NP2/c1-7-19-34(20-8-1)43(35-21-9-2-10-22-35,36-23-11-3-12-24-36)40-31-32-42-41(33-40)44(37-25-13-4-14-26-37,38-27-15-5-16-28-38)39-29-17-6-18-30-39/h1-33H/q+3. The molecule has 0 amide bonds. The van der Waals surface area contributed by atoms with Crippen molar-refractivity contribution in [3.8, 4) is 0 Å². The second-order valence-electron chi connectivity index (χ2n) is 10.7. The molecule has 209 valence electrons. The summed E-state index contributed by atoms with van der Waals surface area (Å²) in [5.41, 5.74) is 1.12. The number of nitrogens with zero attached hydrogens (tertiary/aromatic N) is 1. The minimum atomic E-state index is -2.37. The maximum Gasteiger partial charge on any atom is 0.401 e. The lowest BCUT2D eigenvalue weighted by molar-refractivity contribution is 1.38. The molecule has 7 rings (SSSR count). The van der Waals surface area contributed by atoms with E-state index < -0.39 is 14.5 Å². The zero-order chi connectivity index (χ0) is 29.7. The highest BCUT2D eigenvalue weighted by Crippen LogP contribution is 2.65. The molecule has 0 aliphatic carbocycles. The molecule has 1 aliphatic rings. The van der Waals surface area contributed by atoms with Crippen LogP contribution in [0.15, 0.2) is 206 Å². The first-order valence-corrected chi connectivity index (χ1v) is 18.5. The van der Waals surface area contributed by atoms with Gasteiger partial charge >= 0.3 is 5.45 Å². The van der Waals surface area contributed by atoms with Gasteiger partial charge in [0.1, 0.15) is 49.4 Å². The van der Waals surface area contributed by atoms with Gasteiger partial charge in [-0.3, -0.25) is 0 Å². The van der Waals surface area contributed by atoms with Crippen LogP contribution in [0.25, 0.3) is 0 Å². The molecule has 0 bridgehead atoms. The highest BCUT2D eigenvalue weighted by Gasteiger charge is 2.59. The number of rotatable bonds is 8. The Labute approximate surface area is 261 Å². The van der Waals surface area contributed by atoms with Crippen molar-refractivity contribution in [1.82, 2.24) is 4.99 Å². The van der Waals surface area contributed by atoms with Crippen molar-refractivity contribution < 1.29 is 0 Å². The summed E-state index contributed by atoms with van der Waals surface area (Å²) in [7, 11) is -4.67. The first kappa shape index (κ1) is 28.1. The van der Waals surface area contributed by atoms with E-state index in [0.29, 0.717) is 0 Å². The molecule has 1 nitrogen and oxygen atoms in total. The Morgan fingerprint density at radius 2 is 0.591 bits per heavy atom. The van der Waals surface area contributed by atoms with Gasteiger partial charge in [0.25, 0.3) is 6.20 Å². The molecule has 0 atom stereocenters. The summed E-state index contributed by atoms with van der Waals surface area (Å²) < 4.78 is 0. The SMILES string of the molecule is C1=CC([P+](c2ccccc2)(c2ccccc2)c2ccccc2)=CC([P+](c2ccccc2)(c2ccccc2)c2ccccc2)=[N+]1. The highest BCUT2D eigenvalue weighted by atomic mass is 31.2. The van der Waals surface area contributed by atoms with Gasteiger partial charge in [-0.05, 0) is 72.8 Å². The molecule has 1 radical (unpaired) electrons. The molecule has 0 saturated carbocycles. The summed E-state index contributed by atoms with van der Waals surface area (Å²) in [6, 6.07) is 66.2. The summed E-state index contributed by atoms with van der Waals surface area (Å²) in [6.07, 6.45) is 6.76. The van der Waals surface area contributed by atoms with Gasteiger partial charge in [-0.25, -0.2) is 0 Å². The van der Waals surface area contributed by atoms with Crippen LogP contribution in [0.1, 0.15) is 0 Å². The van der Waals surface area contributed by atoms with Crippen LogP contribution in [0.2, 0.25) is 0 Å².